The van der Waals surface area contributed by atoms with Gasteiger partial charge in [-0.1, -0.05) is 13.8 Å². The monoisotopic (exact) mass is 299 g/mol. The van der Waals surface area contributed by atoms with Crippen molar-refractivity contribution in [3.05, 3.63) is 0 Å². The molecule has 0 radical (unpaired) electrons. The number of nitrogens with one attached hydrogen (secondary N) is 1. The third kappa shape index (κ3) is 5.71. The molecule has 1 fully saturated rings. The summed E-state index contributed by atoms with van der Waals surface area (Å²) >= 11 is 0. The zero-order chi connectivity index (χ0) is 16.0. The van der Waals surface area contributed by atoms with Crippen LogP contribution in [0.4, 0.5) is 0 Å². The second-order valence-electron chi connectivity index (χ2n) is 5.93. The molecule has 0 aromatic heterocycles. The fraction of sp³-hybridized carbons (Fsp3) is 0.786. The van der Waals surface area contributed by atoms with Crippen LogP contribution in [0.5, 0.6) is 0 Å². The van der Waals surface area contributed by atoms with E-state index in [9.17, 15) is 14.4 Å². The average Bonchev–Trinajstić information content (AvgIpc) is 2.42. The lowest BCUT2D eigenvalue weighted by molar-refractivity contribution is -0.140. The van der Waals surface area contributed by atoms with Gasteiger partial charge < -0.3 is 21.1 Å². The minimum atomic E-state index is -0.842. The smallest absolute Gasteiger partial charge is 0.303 e. The summed E-state index contributed by atoms with van der Waals surface area (Å²) in [6, 6.07) is -0.626. The van der Waals surface area contributed by atoms with E-state index >= 15 is 0 Å². The molecular formula is C14H25N3O4. The highest BCUT2D eigenvalue weighted by Crippen LogP contribution is 2.19. The molecule has 7 nitrogen and oxygen atoms in total. The number of nitrogens with zero attached hydrogens (tertiary/aromatic N) is 1. The number of rotatable bonds is 6. The SMILES string of the molecule is CC(C)[C@H](N)C(=O)NCC(=O)N1CCCC(CC(=O)O)C1. The van der Waals surface area contributed by atoms with Crippen LogP contribution in [-0.2, 0) is 14.4 Å². The Bertz CT molecular complexity index is 398. The van der Waals surface area contributed by atoms with Crippen molar-refractivity contribution in [2.45, 2.75) is 39.2 Å². The Hall–Kier alpha value is -1.63. The molecule has 0 aromatic rings. The molecule has 21 heavy (non-hydrogen) atoms. The van der Waals surface area contributed by atoms with E-state index in [-0.39, 0.29) is 36.6 Å². The maximum atomic E-state index is 12.0. The third-order valence-corrected chi connectivity index (χ3v) is 3.77. The first kappa shape index (κ1) is 17.4. The highest BCUT2D eigenvalue weighted by atomic mass is 16.4. The van der Waals surface area contributed by atoms with Crippen molar-refractivity contribution in [2.75, 3.05) is 19.6 Å². The van der Waals surface area contributed by atoms with Crippen molar-refractivity contribution in [3.8, 4) is 0 Å². The summed E-state index contributed by atoms with van der Waals surface area (Å²) in [7, 11) is 0. The lowest BCUT2D eigenvalue weighted by Gasteiger charge is -2.32. The Kier molecular flexibility index (Phi) is 6.61. The number of carboxylic acids is 1. The lowest BCUT2D eigenvalue weighted by Crippen LogP contribution is -2.49. The fourth-order valence-electron chi connectivity index (χ4n) is 2.40. The number of aliphatic carboxylic acids is 1. The van der Waals surface area contributed by atoms with Crippen LogP contribution in [0.2, 0.25) is 0 Å². The standard InChI is InChI=1S/C14H25N3O4/c1-9(2)13(15)14(21)16-7-11(18)17-5-3-4-10(8-17)6-12(19)20/h9-10,13H,3-8,15H2,1-2H3,(H,16,21)(H,19,20)/t10?,13-/m0/s1. The number of carbonyl (C=O) groups is 3. The number of nitrogens with two attached hydrogens (primary N) is 1. The third-order valence-electron chi connectivity index (χ3n) is 3.77. The summed E-state index contributed by atoms with van der Waals surface area (Å²) in [5.41, 5.74) is 5.70. The molecule has 0 saturated carbocycles. The van der Waals surface area contributed by atoms with Crippen LogP contribution < -0.4 is 11.1 Å². The van der Waals surface area contributed by atoms with Gasteiger partial charge in [0.1, 0.15) is 0 Å². The van der Waals surface area contributed by atoms with Crippen LogP contribution >= 0.6 is 0 Å². The number of hydrogen-bond acceptors (Lipinski definition) is 4. The minimum Gasteiger partial charge on any atom is -0.481 e. The normalized spacial score (nSPS) is 20.2. The summed E-state index contributed by atoms with van der Waals surface area (Å²) in [5, 5.41) is 11.4. The van der Waals surface area contributed by atoms with Crippen molar-refractivity contribution in [3.63, 3.8) is 0 Å². The van der Waals surface area contributed by atoms with Crippen LogP contribution in [0.15, 0.2) is 0 Å². The van der Waals surface area contributed by atoms with Crippen molar-refractivity contribution in [2.24, 2.45) is 17.6 Å². The largest absolute Gasteiger partial charge is 0.481 e. The molecule has 1 rings (SSSR count). The Morgan fingerprint density at radius 1 is 1.38 bits per heavy atom. The van der Waals surface area contributed by atoms with E-state index < -0.39 is 12.0 Å². The second kappa shape index (κ2) is 7.97. The molecule has 2 amide bonds. The molecule has 1 saturated heterocycles. The first-order valence-electron chi connectivity index (χ1n) is 7.34. The Balaban J connectivity index is 2.41. The van der Waals surface area contributed by atoms with Gasteiger partial charge in [0.05, 0.1) is 12.6 Å². The summed E-state index contributed by atoms with van der Waals surface area (Å²) in [4.78, 5) is 36.1. The number of carboxylic acid groups (broad SMARTS) is 1. The highest BCUT2D eigenvalue weighted by Gasteiger charge is 2.26. The second-order valence-corrected chi connectivity index (χ2v) is 5.93. The molecule has 2 atom stereocenters. The summed E-state index contributed by atoms with van der Waals surface area (Å²) in [5.74, 6) is -1.36. The molecule has 4 N–H and O–H groups in total. The first-order chi connectivity index (χ1) is 9.81. The topological polar surface area (TPSA) is 113 Å². The van der Waals surface area contributed by atoms with Gasteiger partial charge in [0.15, 0.2) is 0 Å². The molecule has 1 aliphatic rings. The molecule has 7 heteroatoms. The maximum Gasteiger partial charge on any atom is 0.303 e. The van der Waals surface area contributed by atoms with Crippen molar-refractivity contribution in [1.82, 2.24) is 10.2 Å². The highest BCUT2D eigenvalue weighted by molar-refractivity contribution is 5.87. The van der Waals surface area contributed by atoms with Gasteiger partial charge in [0.25, 0.3) is 0 Å². The van der Waals surface area contributed by atoms with Gasteiger partial charge in [-0.05, 0) is 24.7 Å². The van der Waals surface area contributed by atoms with Gasteiger partial charge in [0.2, 0.25) is 11.8 Å². The van der Waals surface area contributed by atoms with Crippen molar-refractivity contribution < 1.29 is 19.5 Å². The zero-order valence-electron chi connectivity index (χ0n) is 12.7. The van der Waals surface area contributed by atoms with E-state index in [1.165, 1.54) is 0 Å². The van der Waals surface area contributed by atoms with E-state index in [4.69, 9.17) is 10.8 Å². The first-order valence-corrected chi connectivity index (χ1v) is 7.34. The number of piperidine rings is 1. The minimum absolute atomic E-state index is 0.00572. The number of carbonyl (C=O) groups excluding carboxylic acids is 2. The Morgan fingerprint density at radius 3 is 2.62 bits per heavy atom. The molecule has 0 aromatic carbocycles. The van der Waals surface area contributed by atoms with Gasteiger partial charge in [-0.25, -0.2) is 0 Å². The van der Waals surface area contributed by atoms with E-state index in [0.29, 0.717) is 13.1 Å². The summed E-state index contributed by atoms with van der Waals surface area (Å²) in [6.45, 7) is 4.65. The van der Waals surface area contributed by atoms with Crippen LogP contribution in [0.3, 0.4) is 0 Å². The molecule has 0 spiro atoms. The van der Waals surface area contributed by atoms with Gasteiger partial charge in [-0.2, -0.15) is 0 Å². The molecule has 1 aliphatic heterocycles. The Labute approximate surface area is 124 Å². The van der Waals surface area contributed by atoms with Crippen molar-refractivity contribution >= 4 is 17.8 Å². The van der Waals surface area contributed by atoms with Gasteiger partial charge in [0, 0.05) is 19.5 Å². The summed E-state index contributed by atoms with van der Waals surface area (Å²) < 4.78 is 0. The van der Waals surface area contributed by atoms with E-state index in [1.54, 1.807) is 4.90 Å². The predicted octanol–water partition coefficient (Wildman–Crippen LogP) is -0.201. The molecule has 0 bridgehead atoms. The van der Waals surface area contributed by atoms with Gasteiger partial charge >= 0.3 is 5.97 Å². The lowest BCUT2D eigenvalue weighted by atomic mass is 9.95. The fourth-order valence-corrected chi connectivity index (χ4v) is 2.40. The van der Waals surface area contributed by atoms with E-state index in [0.717, 1.165) is 12.8 Å². The van der Waals surface area contributed by atoms with E-state index in [1.807, 2.05) is 13.8 Å². The van der Waals surface area contributed by atoms with Gasteiger partial charge in [-0.3, -0.25) is 14.4 Å². The van der Waals surface area contributed by atoms with Crippen LogP contribution in [0.25, 0.3) is 0 Å². The zero-order valence-corrected chi connectivity index (χ0v) is 12.7. The van der Waals surface area contributed by atoms with Crippen molar-refractivity contribution in [1.29, 1.82) is 0 Å². The molecule has 1 heterocycles. The Morgan fingerprint density at radius 2 is 2.05 bits per heavy atom. The molecule has 0 aliphatic carbocycles. The van der Waals surface area contributed by atoms with Crippen LogP contribution in [0, 0.1) is 11.8 Å². The number of hydrogen-bond donors (Lipinski definition) is 3. The number of likely N-dealkylation sites (tertiary alicyclic amines) is 1. The number of amides is 2. The predicted molar refractivity (Wildman–Crippen MR) is 77.4 cm³/mol. The van der Waals surface area contributed by atoms with Gasteiger partial charge in [-0.15, -0.1) is 0 Å². The van der Waals surface area contributed by atoms with Crippen LogP contribution in [0.1, 0.15) is 33.1 Å². The molecular weight excluding hydrogens is 274 g/mol. The maximum absolute atomic E-state index is 12.0. The summed E-state index contributed by atoms with van der Waals surface area (Å²) in [6.07, 6.45) is 1.69. The molecule has 120 valence electrons. The van der Waals surface area contributed by atoms with E-state index in [2.05, 4.69) is 5.32 Å². The molecule has 1 unspecified atom stereocenters. The average molecular weight is 299 g/mol. The quantitative estimate of drug-likeness (QED) is 0.628. The van der Waals surface area contributed by atoms with Crippen LogP contribution in [-0.4, -0.2) is 53.5 Å².